The number of unbranched alkanes of at least 4 members (excludes halogenated alkanes) is 1. The summed E-state index contributed by atoms with van der Waals surface area (Å²) in [7, 11) is -3.90. The highest BCUT2D eigenvalue weighted by atomic mass is 35.5. The van der Waals surface area contributed by atoms with E-state index in [0.29, 0.717) is 17.3 Å². The van der Waals surface area contributed by atoms with Crippen molar-refractivity contribution in [2.45, 2.75) is 31.6 Å². The number of nitrogens with one attached hydrogen (secondary N) is 1. The van der Waals surface area contributed by atoms with Gasteiger partial charge in [-0.2, -0.15) is 0 Å². The van der Waals surface area contributed by atoms with Crippen LogP contribution in [0.15, 0.2) is 53.4 Å². The number of hydrogen-bond donors (Lipinski definition) is 1. The molecule has 7 heteroatoms. The molecule has 0 atom stereocenters. The minimum Gasteiger partial charge on any atom is -0.355 e. The van der Waals surface area contributed by atoms with Gasteiger partial charge in [-0.15, -0.1) is 0 Å². The van der Waals surface area contributed by atoms with Crippen LogP contribution < -0.4 is 9.62 Å². The molecular formula is C19H23ClN2O3S. The largest absolute Gasteiger partial charge is 0.355 e. The highest BCUT2D eigenvalue weighted by molar-refractivity contribution is 7.92. The summed E-state index contributed by atoms with van der Waals surface area (Å²) in [6.45, 7) is 4.11. The zero-order chi connectivity index (χ0) is 19.2. The number of amides is 1. The Kier molecular flexibility index (Phi) is 7.06. The maximum atomic E-state index is 13.1. The molecule has 0 aliphatic heterocycles. The fraction of sp³-hybridized carbons (Fsp3) is 0.316. The van der Waals surface area contributed by atoms with Crippen LogP contribution in [0, 0.1) is 6.92 Å². The van der Waals surface area contributed by atoms with Crippen molar-refractivity contribution >= 4 is 33.2 Å². The second-order valence-corrected chi connectivity index (χ2v) is 8.31. The fourth-order valence-electron chi connectivity index (χ4n) is 2.37. The molecule has 1 amide bonds. The van der Waals surface area contributed by atoms with E-state index in [0.717, 1.165) is 22.7 Å². The number of anilines is 1. The number of benzene rings is 2. The third-order valence-electron chi connectivity index (χ3n) is 3.84. The van der Waals surface area contributed by atoms with E-state index >= 15 is 0 Å². The van der Waals surface area contributed by atoms with E-state index in [1.165, 1.54) is 18.2 Å². The number of carbonyl (C=O) groups is 1. The highest BCUT2D eigenvalue weighted by Gasteiger charge is 2.27. The van der Waals surface area contributed by atoms with Crippen LogP contribution in [0.2, 0.25) is 5.02 Å². The Morgan fingerprint density at radius 2 is 1.85 bits per heavy atom. The lowest BCUT2D eigenvalue weighted by Gasteiger charge is -2.24. The molecule has 0 aliphatic rings. The molecule has 2 aromatic carbocycles. The van der Waals surface area contributed by atoms with E-state index in [9.17, 15) is 13.2 Å². The molecule has 0 spiro atoms. The molecule has 0 aliphatic carbocycles. The molecule has 26 heavy (non-hydrogen) atoms. The second kappa shape index (κ2) is 9.05. The summed E-state index contributed by atoms with van der Waals surface area (Å²) in [6, 6.07) is 13.0. The number of aryl methyl sites for hydroxylation is 1. The van der Waals surface area contributed by atoms with E-state index < -0.39 is 10.0 Å². The van der Waals surface area contributed by atoms with Crippen molar-refractivity contribution in [3.8, 4) is 0 Å². The highest BCUT2D eigenvalue weighted by Crippen LogP contribution is 2.26. The van der Waals surface area contributed by atoms with Crippen molar-refractivity contribution in [3.05, 3.63) is 59.1 Å². The topological polar surface area (TPSA) is 66.5 Å². The second-order valence-electron chi connectivity index (χ2n) is 6.01. The first kappa shape index (κ1) is 20.3. The summed E-state index contributed by atoms with van der Waals surface area (Å²) < 4.78 is 27.3. The van der Waals surface area contributed by atoms with E-state index in [-0.39, 0.29) is 17.3 Å². The Bertz CT molecular complexity index is 851. The quantitative estimate of drug-likeness (QED) is 0.693. The Balaban J connectivity index is 2.36. The van der Waals surface area contributed by atoms with Gasteiger partial charge in [0.1, 0.15) is 6.54 Å². The van der Waals surface area contributed by atoms with Crippen LogP contribution in [-0.2, 0) is 14.8 Å². The monoisotopic (exact) mass is 394 g/mol. The lowest BCUT2D eigenvalue weighted by atomic mass is 10.2. The molecule has 1 N–H and O–H groups in total. The van der Waals surface area contributed by atoms with Crippen LogP contribution in [0.25, 0.3) is 0 Å². The third-order valence-corrected chi connectivity index (χ3v) is 5.87. The van der Waals surface area contributed by atoms with Crippen molar-refractivity contribution in [1.82, 2.24) is 5.32 Å². The Morgan fingerprint density at radius 3 is 2.46 bits per heavy atom. The molecule has 2 rings (SSSR count). The maximum absolute atomic E-state index is 13.1. The number of sulfonamides is 1. The summed E-state index contributed by atoms with van der Waals surface area (Å²) in [4.78, 5) is 12.4. The molecule has 0 aromatic heterocycles. The van der Waals surface area contributed by atoms with Crippen molar-refractivity contribution in [3.63, 3.8) is 0 Å². The molecule has 0 radical (unpaired) electrons. The predicted molar refractivity (Wildman–Crippen MR) is 105 cm³/mol. The molecule has 0 unspecified atom stereocenters. The fourth-order valence-corrected chi connectivity index (χ4v) is 3.97. The predicted octanol–water partition coefficient (Wildman–Crippen LogP) is 3.76. The van der Waals surface area contributed by atoms with Crippen LogP contribution in [0.3, 0.4) is 0 Å². The van der Waals surface area contributed by atoms with E-state index in [2.05, 4.69) is 5.32 Å². The van der Waals surface area contributed by atoms with Gasteiger partial charge in [0.05, 0.1) is 10.6 Å². The lowest BCUT2D eigenvalue weighted by molar-refractivity contribution is -0.119. The van der Waals surface area contributed by atoms with E-state index in [1.807, 2.05) is 13.8 Å². The van der Waals surface area contributed by atoms with Gasteiger partial charge in [-0.3, -0.25) is 9.10 Å². The molecular weight excluding hydrogens is 372 g/mol. The molecule has 0 fully saturated rings. The molecule has 0 saturated heterocycles. The van der Waals surface area contributed by atoms with Crippen LogP contribution >= 0.6 is 11.6 Å². The van der Waals surface area contributed by atoms with Crippen molar-refractivity contribution < 1.29 is 13.2 Å². The summed E-state index contributed by atoms with van der Waals surface area (Å²) in [6.07, 6.45) is 1.79. The van der Waals surface area contributed by atoms with Gasteiger partial charge in [-0.05, 0) is 43.7 Å². The Hall–Kier alpha value is -2.05. The first-order valence-electron chi connectivity index (χ1n) is 8.46. The van der Waals surface area contributed by atoms with Gasteiger partial charge in [0.2, 0.25) is 5.91 Å². The molecule has 2 aromatic rings. The minimum absolute atomic E-state index is 0.129. The van der Waals surface area contributed by atoms with Gasteiger partial charge in [0.15, 0.2) is 0 Å². The van der Waals surface area contributed by atoms with Gasteiger partial charge in [-0.25, -0.2) is 8.42 Å². The molecule has 0 bridgehead atoms. The number of nitrogens with zero attached hydrogens (tertiary/aromatic N) is 1. The SMILES string of the molecule is CCCCNC(=O)CN(c1cccc(Cl)c1)S(=O)(=O)c1ccc(C)cc1. The zero-order valence-electron chi connectivity index (χ0n) is 14.9. The van der Waals surface area contributed by atoms with Gasteiger partial charge in [0.25, 0.3) is 10.0 Å². The maximum Gasteiger partial charge on any atom is 0.264 e. The number of carbonyl (C=O) groups excluding carboxylic acids is 1. The van der Waals surface area contributed by atoms with Gasteiger partial charge >= 0.3 is 0 Å². The van der Waals surface area contributed by atoms with Crippen LogP contribution in [0.5, 0.6) is 0 Å². The lowest BCUT2D eigenvalue weighted by Crippen LogP contribution is -2.41. The average Bonchev–Trinajstić information content (AvgIpc) is 2.60. The van der Waals surface area contributed by atoms with Crippen molar-refractivity contribution in [2.24, 2.45) is 0 Å². The number of rotatable bonds is 8. The van der Waals surface area contributed by atoms with Crippen LogP contribution in [0.4, 0.5) is 5.69 Å². The molecule has 5 nitrogen and oxygen atoms in total. The standard InChI is InChI=1S/C19H23ClN2O3S/c1-3-4-12-21-19(23)14-22(17-7-5-6-16(20)13-17)26(24,25)18-10-8-15(2)9-11-18/h5-11,13H,3-4,12,14H2,1-2H3,(H,21,23). The smallest absolute Gasteiger partial charge is 0.264 e. The van der Waals surface area contributed by atoms with E-state index in [1.54, 1.807) is 30.3 Å². The third kappa shape index (κ3) is 5.22. The summed E-state index contributed by atoms with van der Waals surface area (Å²) in [5, 5.41) is 3.15. The normalized spacial score (nSPS) is 11.2. The van der Waals surface area contributed by atoms with Crippen molar-refractivity contribution in [1.29, 1.82) is 0 Å². The van der Waals surface area contributed by atoms with Gasteiger partial charge < -0.3 is 5.32 Å². The minimum atomic E-state index is -3.90. The Morgan fingerprint density at radius 1 is 1.15 bits per heavy atom. The average molecular weight is 395 g/mol. The molecule has 140 valence electrons. The molecule has 0 heterocycles. The first-order valence-corrected chi connectivity index (χ1v) is 10.3. The van der Waals surface area contributed by atoms with E-state index in [4.69, 9.17) is 11.6 Å². The van der Waals surface area contributed by atoms with Gasteiger partial charge in [-0.1, -0.05) is 48.7 Å². The summed E-state index contributed by atoms with van der Waals surface area (Å²) in [5.74, 6) is -0.353. The summed E-state index contributed by atoms with van der Waals surface area (Å²) in [5.41, 5.74) is 1.30. The summed E-state index contributed by atoms with van der Waals surface area (Å²) >= 11 is 6.02. The number of hydrogen-bond acceptors (Lipinski definition) is 3. The van der Waals surface area contributed by atoms with Crippen LogP contribution in [0.1, 0.15) is 25.3 Å². The van der Waals surface area contributed by atoms with Crippen molar-refractivity contribution in [2.75, 3.05) is 17.4 Å². The Labute approximate surface area is 160 Å². The first-order chi connectivity index (χ1) is 12.3. The van der Waals surface area contributed by atoms with Crippen LogP contribution in [-0.4, -0.2) is 27.4 Å². The molecule has 0 saturated carbocycles. The zero-order valence-corrected chi connectivity index (χ0v) is 16.5. The van der Waals surface area contributed by atoms with Gasteiger partial charge in [0, 0.05) is 11.6 Å². The number of halogens is 1.